The van der Waals surface area contributed by atoms with Gasteiger partial charge in [0.15, 0.2) is 11.5 Å². The lowest BCUT2D eigenvalue weighted by Crippen LogP contribution is -1.93. The normalized spacial score (nSPS) is 11.1. The summed E-state index contributed by atoms with van der Waals surface area (Å²) in [4.78, 5) is 14.7. The second-order valence-corrected chi connectivity index (χ2v) is 4.78. The Bertz CT molecular complexity index is 1010. The molecule has 0 bridgehead atoms. The van der Waals surface area contributed by atoms with Gasteiger partial charge in [-0.05, 0) is 24.3 Å². The van der Waals surface area contributed by atoms with Gasteiger partial charge in [0, 0.05) is 23.1 Å². The highest BCUT2D eigenvalue weighted by atomic mass is 16.6. The molecule has 0 N–H and O–H groups in total. The molecular formula is C15H9N5O2. The van der Waals surface area contributed by atoms with Crippen molar-refractivity contribution < 1.29 is 4.92 Å². The Labute approximate surface area is 124 Å². The van der Waals surface area contributed by atoms with Crippen LogP contribution in [0.4, 0.5) is 5.69 Å². The molecule has 0 radical (unpaired) electrons. The molecule has 0 saturated heterocycles. The SMILES string of the molecule is O=[N+]([O-])c1ccc(-c2nnc3c4ccccc4ncn23)cc1. The maximum atomic E-state index is 10.7. The van der Waals surface area contributed by atoms with Crippen LogP contribution in [0.1, 0.15) is 0 Å². The monoisotopic (exact) mass is 291 g/mol. The summed E-state index contributed by atoms with van der Waals surface area (Å²) in [6.45, 7) is 0. The van der Waals surface area contributed by atoms with E-state index in [0.717, 1.165) is 16.5 Å². The summed E-state index contributed by atoms with van der Waals surface area (Å²) in [7, 11) is 0. The van der Waals surface area contributed by atoms with Gasteiger partial charge in [-0.15, -0.1) is 10.2 Å². The van der Waals surface area contributed by atoms with Crippen molar-refractivity contribution in [3.05, 3.63) is 65.0 Å². The lowest BCUT2D eigenvalue weighted by atomic mass is 10.2. The highest BCUT2D eigenvalue weighted by molar-refractivity contribution is 5.91. The Kier molecular flexibility index (Phi) is 2.59. The minimum Gasteiger partial charge on any atom is -0.265 e. The number of fused-ring (bicyclic) bond motifs is 3. The number of aromatic nitrogens is 4. The number of nitrogens with zero attached hydrogens (tertiary/aromatic N) is 5. The summed E-state index contributed by atoms with van der Waals surface area (Å²) in [5, 5.41) is 20.0. The van der Waals surface area contributed by atoms with Crippen molar-refractivity contribution in [1.29, 1.82) is 0 Å². The van der Waals surface area contributed by atoms with Gasteiger partial charge < -0.3 is 0 Å². The molecule has 0 aliphatic rings. The number of nitro benzene ring substituents is 1. The maximum absolute atomic E-state index is 10.7. The van der Waals surface area contributed by atoms with Gasteiger partial charge in [-0.3, -0.25) is 14.5 Å². The molecule has 7 heteroatoms. The molecule has 4 rings (SSSR count). The molecular weight excluding hydrogens is 282 g/mol. The van der Waals surface area contributed by atoms with E-state index in [1.165, 1.54) is 12.1 Å². The fourth-order valence-corrected chi connectivity index (χ4v) is 2.41. The number of benzene rings is 2. The van der Waals surface area contributed by atoms with E-state index < -0.39 is 4.92 Å². The number of para-hydroxylation sites is 1. The van der Waals surface area contributed by atoms with Crippen LogP contribution in [0.15, 0.2) is 54.9 Å². The highest BCUT2D eigenvalue weighted by Gasteiger charge is 2.12. The Hall–Kier alpha value is -3.35. The zero-order chi connectivity index (χ0) is 15.1. The van der Waals surface area contributed by atoms with Crippen LogP contribution in [0.25, 0.3) is 27.9 Å². The quantitative estimate of drug-likeness (QED) is 0.418. The van der Waals surface area contributed by atoms with Crippen LogP contribution in [-0.2, 0) is 0 Å². The van der Waals surface area contributed by atoms with Crippen LogP contribution in [0.5, 0.6) is 0 Å². The first-order chi connectivity index (χ1) is 10.7. The zero-order valence-corrected chi connectivity index (χ0v) is 11.2. The molecule has 2 heterocycles. The van der Waals surface area contributed by atoms with E-state index in [2.05, 4.69) is 15.2 Å². The maximum Gasteiger partial charge on any atom is 0.269 e. The van der Waals surface area contributed by atoms with E-state index in [4.69, 9.17) is 0 Å². The Morgan fingerprint density at radius 3 is 2.55 bits per heavy atom. The van der Waals surface area contributed by atoms with Crippen molar-refractivity contribution >= 4 is 22.2 Å². The molecule has 4 aromatic rings. The fourth-order valence-electron chi connectivity index (χ4n) is 2.41. The average molecular weight is 291 g/mol. The van der Waals surface area contributed by atoms with Crippen molar-refractivity contribution in [2.24, 2.45) is 0 Å². The van der Waals surface area contributed by atoms with Crippen LogP contribution in [0.3, 0.4) is 0 Å². The van der Waals surface area contributed by atoms with Crippen LogP contribution in [-0.4, -0.2) is 24.5 Å². The van der Waals surface area contributed by atoms with Crippen LogP contribution < -0.4 is 0 Å². The number of rotatable bonds is 2. The summed E-state index contributed by atoms with van der Waals surface area (Å²) in [6.07, 6.45) is 1.66. The second-order valence-electron chi connectivity index (χ2n) is 4.78. The van der Waals surface area contributed by atoms with Crippen LogP contribution in [0.2, 0.25) is 0 Å². The molecule has 106 valence electrons. The first-order valence-electron chi connectivity index (χ1n) is 6.57. The standard InChI is InChI=1S/C15H9N5O2/c21-20(22)11-7-5-10(6-8-11)14-17-18-15-12-3-1-2-4-13(12)16-9-19(14)15/h1-9H. The Balaban J connectivity index is 1.92. The van der Waals surface area contributed by atoms with E-state index in [-0.39, 0.29) is 5.69 Å². The van der Waals surface area contributed by atoms with Gasteiger partial charge in [-0.1, -0.05) is 12.1 Å². The van der Waals surface area contributed by atoms with E-state index >= 15 is 0 Å². The lowest BCUT2D eigenvalue weighted by Gasteiger charge is -2.01. The first-order valence-corrected chi connectivity index (χ1v) is 6.57. The topological polar surface area (TPSA) is 86.2 Å². The van der Waals surface area contributed by atoms with Crippen molar-refractivity contribution in [2.75, 3.05) is 0 Å². The molecule has 22 heavy (non-hydrogen) atoms. The second kappa shape index (κ2) is 4.59. The predicted molar refractivity (Wildman–Crippen MR) is 80.4 cm³/mol. The van der Waals surface area contributed by atoms with Gasteiger partial charge in [0.1, 0.15) is 6.33 Å². The first kappa shape index (κ1) is 12.4. The predicted octanol–water partition coefficient (Wildman–Crippen LogP) is 2.85. The molecule has 2 aromatic heterocycles. The molecule has 0 aliphatic carbocycles. The molecule has 0 saturated carbocycles. The van der Waals surface area contributed by atoms with E-state index in [1.807, 2.05) is 24.3 Å². The molecule has 0 unspecified atom stereocenters. The molecule has 0 aliphatic heterocycles. The van der Waals surface area contributed by atoms with Gasteiger partial charge in [0.05, 0.1) is 10.4 Å². The lowest BCUT2D eigenvalue weighted by molar-refractivity contribution is -0.384. The molecule has 0 atom stereocenters. The van der Waals surface area contributed by atoms with Gasteiger partial charge in [0.25, 0.3) is 5.69 Å². The molecule has 0 amide bonds. The van der Waals surface area contributed by atoms with Crippen LogP contribution in [0, 0.1) is 10.1 Å². The third-order valence-electron chi connectivity index (χ3n) is 3.49. The smallest absolute Gasteiger partial charge is 0.265 e. The zero-order valence-electron chi connectivity index (χ0n) is 11.2. The molecule has 7 nitrogen and oxygen atoms in total. The molecule has 0 fully saturated rings. The largest absolute Gasteiger partial charge is 0.269 e. The number of hydrogen-bond acceptors (Lipinski definition) is 5. The minimum atomic E-state index is -0.430. The van der Waals surface area contributed by atoms with Crippen molar-refractivity contribution in [1.82, 2.24) is 19.6 Å². The third kappa shape index (κ3) is 1.80. The summed E-state index contributed by atoms with van der Waals surface area (Å²) in [6, 6.07) is 13.9. The summed E-state index contributed by atoms with van der Waals surface area (Å²) in [5.41, 5.74) is 2.34. The van der Waals surface area contributed by atoms with Crippen molar-refractivity contribution in [2.45, 2.75) is 0 Å². The van der Waals surface area contributed by atoms with Gasteiger partial charge in [-0.2, -0.15) is 0 Å². The molecule has 0 spiro atoms. The fraction of sp³-hybridized carbons (Fsp3) is 0. The third-order valence-corrected chi connectivity index (χ3v) is 3.49. The number of non-ortho nitro benzene ring substituents is 1. The van der Waals surface area contributed by atoms with Gasteiger partial charge in [0.2, 0.25) is 0 Å². The summed E-state index contributed by atoms with van der Waals surface area (Å²) in [5.74, 6) is 0.600. The summed E-state index contributed by atoms with van der Waals surface area (Å²) < 4.78 is 1.78. The van der Waals surface area contributed by atoms with Gasteiger partial charge in [-0.25, -0.2) is 4.98 Å². The minimum absolute atomic E-state index is 0.0427. The highest BCUT2D eigenvalue weighted by Crippen LogP contribution is 2.24. The van der Waals surface area contributed by atoms with E-state index in [1.54, 1.807) is 22.9 Å². The number of nitro groups is 1. The Morgan fingerprint density at radius 2 is 1.77 bits per heavy atom. The number of hydrogen-bond donors (Lipinski definition) is 0. The van der Waals surface area contributed by atoms with Crippen molar-refractivity contribution in [3.63, 3.8) is 0 Å². The Morgan fingerprint density at radius 1 is 1.00 bits per heavy atom. The van der Waals surface area contributed by atoms with Gasteiger partial charge >= 0.3 is 0 Å². The average Bonchev–Trinajstić information content (AvgIpc) is 2.99. The summed E-state index contributed by atoms with van der Waals surface area (Å²) >= 11 is 0. The van der Waals surface area contributed by atoms with Crippen molar-refractivity contribution in [3.8, 4) is 11.4 Å². The molecule has 2 aromatic carbocycles. The van der Waals surface area contributed by atoms with E-state index in [0.29, 0.717) is 11.5 Å². The van der Waals surface area contributed by atoms with Crippen LogP contribution >= 0.6 is 0 Å². The van der Waals surface area contributed by atoms with E-state index in [9.17, 15) is 10.1 Å².